The van der Waals surface area contributed by atoms with Gasteiger partial charge in [0.2, 0.25) is 10.0 Å². The lowest BCUT2D eigenvalue weighted by molar-refractivity contribution is 0.407. The summed E-state index contributed by atoms with van der Waals surface area (Å²) in [4.78, 5) is 0.251. The highest BCUT2D eigenvalue weighted by Crippen LogP contribution is 2.28. The molecule has 0 radical (unpaired) electrons. The topological polar surface area (TPSA) is 46.6 Å². The summed E-state index contributed by atoms with van der Waals surface area (Å²) in [6.45, 7) is 3.66. The summed E-state index contributed by atoms with van der Waals surface area (Å²) < 4.78 is 31.4. The van der Waals surface area contributed by atoms with Crippen LogP contribution in [0.4, 0.5) is 0 Å². The van der Waals surface area contributed by atoms with Crippen LogP contribution < -0.4 is 4.74 Å². The zero-order chi connectivity index (χ0) is 13.2. The van der Waals surface area contributed by atoms with Gasteiger partial charge in [-0.05, 0) is 48.0 Å². The van der Waals surface area contributed by atoms with Gasteiger partial charge in [0.1, 0.15) is 5.75 Å². The van der Waals surface area contributed by atoms with Crippen molar-refractivity contribution in [1.29, 1.82) is 0 Å². The molecule has 0 aromatic heterocycles. The smallest absolute Gasteiger partial charge is 0.243 e. The van der Waals surface area contributed by atoms with Crippen LogP contribution in [0.25, 0.3) is 0 Å². The van der Waals surface area contributed by atoms with E-state index in [9.17, 15) is 8.42 Å². The highest BCUT2D eigenvalue weighted by atomic mass is 79.9. The molecule has 4 nitrogen and oxygen atoms in total. The Labute approximate surface area is 111 Å². The largest absolute Gasteiger partial charge is 0.496 e. The van der Waals surface area contributed by atoms with Crippen LogP contribution in [-0.2, 0) is 10.0 Å². The highest BCUT2D eigenvalue weighted by molar-refractivity contribution is 9.10. The van der Waals surface area contributed by atoms with Crippen LogP contribution in [0.2, 0.25) is 0 Å². The van der Waals surface area contributed by atoms with Crippen LogP contribution in [0.5, 0.6) is 5.75 Å². The van der Waals surface area contributed by atoms with Gasteiger partial charge < -0.3 is 4.74 Å². The summed E-state index contributed by atoms with van der Waals surface area (Å²) in [5.74, 6) is 0.608. The van der Waals surface area contributed by atoms with E-state index in [0.29, 0.717) is 10.2 Å². The zero-order valence-electron chi connectivity index (χ0n) is 10.3. The molecule has 0 saturated heterocycles. The lowest BCUT2D eigenvalue weighted by Crippen LogP contribution is -2.33. The molecule has 0 aliphatic rings. The van der Waals surface area contributed by atoms with Crippen molar-refractivity contribution in [3.8, 4) is 5.75 Å². The number of benzene rings is 1. The van der Waals surface area contributed by atoms with Crippen molar-refractivity contribution in [3.63, 3.8) is 0 Å². The molecule has 0 unspecified atom stereocenters. The molecular weight excluding hydrogens is 306 g/mol. The minimum Gasteiger partial charge on any atom is -0.496 e. The second-order valence-corrected chi connectivity index (χ2v) is 6.76. The molecule has 0 aliphatic carbocycles. The van der Waals surface area contributed by atoms with E-state index in [1.54, 1.807) is 19.2 Å². The van der Waals surface area contributed by atoms with E-state index >= 15 is 0 Å². The molecular formula is C11H16BrNO3S. The number of halogens is 1. The molecule has 1 rings (SSSR count). The normalized spacial score (nSPS) is 12.2. The highest BCUT2D eigenvalue weighted by Gasteiger charge is 2.23. The first-order valence-corrected chi connectivity index (χ1v) is 7.35. The first kappa shape index (κ1) is 14.5. The van der Waals surface area contributed by atoms with Crippen LogP contribution in [-0.4, -0.2) is 32.9 Å². The molecule has 0 spiro atoms. The molecule has 1 aromatic carbocycles. The Morgan fingerprint density at radius 3 is 2.35 bits per heavy atom. The summed E-state index contributed by atoms with van der Waals surface area (Å²) in [6, 6.07) is 4.64. The van der Waals surface area contributed by atoms with Crippen molar-refractivity contribution in [2.75, 3.05) is 14.2 Å². The molecule has 0 saturated carbocycles. The number of ether oxygens (including phenoxy) is 1. The maximum Gasteiger partial charge on any atom is 0.243 e. The molecule has 1 aromatic rings. The second kappa shape index (κ2) is 5.37. The second-order valence-electron chi connectivity index (χ2n) is 3.91. The molecule has 0 atom stereocenters. The third kappa shape index (κ3) is 3.00. The summed E-state index contributed by atoms with van der Waals surface area (Å²) in [5, 5.41) is 0. The van der Waals surface area contributed by atoms with Crippen LogP contribution in [0, 0.1) is 0 Å². The van der Waals surface area contributed by atoms with Gasteiger partial charge in [0, 0.05) is 13.1 Å². The Hall–Kier alpha value is -0.590. The first-order chi connectivity index (χ1) is 7.80. The lowest BCUT2D eigenvalue weighted by Gasteiger charge is -2.21. The lowest BCUT2D eigenvalue weighted by atomic mass is 10.3. The van der Waals surface area contributed by atoms with Gasteiger partial charge in [-0.25, -0.2) is 8.42 Å². The number of nitrogens with zero attached hydrogens (tertiary/aromatic N) is 1. The third-order valence-electron chi connectivity index (χ3n) is 2.53. The quantitative estimate of drug-likeness (QED) is 0.856. The molecule has 0 amide bonds. The van der Waals surface area contributed by atoms with E-state index < -0.39 is 10.0 Å². The number of hydrogen-bond donors (Lipinski definition) is 0. The number of sulfonamides is 1. The van der Waals surface area contributed by atoms with E-state index in [1.807, 2.05) is 13.8 Å². The third-order valence-corrected chi connectivity index (χ3v) is 5.18. The average molecular weight is 322 g/mol. The SMILES string of the molecule is COc1ccc(S(=O)(=O)N(C)C(C)C)cc1Br. The zero-order valence-corrected chi connectivity index (χ0v) is 12.7. The van der Waals surface area contributed by atoms with Gasteiger partial charge in [0.15, 0.2) is 0 Å². The molecule has 17 heavy (non-hydrogen) atoms. The van der Waals surface area contributed by atoms with Crippen molar-refractivity contribution in [3.05, 3.63) is 22.7 Å². The minimum atomic E-state index is -3.44. The Morgan fingerprint density at radius 1 is 1.35 bits per heavy atom. The summed E-state index contributed by atoms with van der Waals surface area (Å²) >= 11 is 3.28. The van der Waals surface area contributed by atoms with Crippen LogP contribution in [0.15, 0.2) is 27.6 Å². The average Bonchev–Trinajstić information content (AvgIpc) is 2.27. The Balaban J connectivity index is 3.21. The van der Waals surface area contributed by atoms with Crippen molar-refractivity contribution < 1.29 is 13.2 Å². The number of hydrogen-bond acceptors (Lipinski definition) is 3. The van der Waals surface area contributed by atoms with Gasteiger partial charge in [-0.1, -0.05) is 0 Å². The van der Waals surface area contributed by atoms with Gasteiger partial charge >= 0.3 is 0 Å². The van der Waals surface area contributed by atoms with E-state index in [2.05, 4.69) is 15.9 Å². The number of rotatable bonds is 4. The molecule has 6 heteroatoms. The van der Waals surface area contributed by atoms with E-state index in [4.69, 9.17) is 4.74 Å². The number of methoxy groups -OCH3 is 1. The molecule has 0 heterocycles. The summed E-state index contributed by atoms with van der Waals surface area (Å²) in [6.07, 6.45) is 0. The minimum absolute atomic E-state index is 0.0825. The van der Waals surface area contributed by atoms with Gasteiger partial charge in [-0.15, -0.1) is 0 Å². The maximum atomic E-state index is 12.2. The van der Waals surface area contributed by atoms with E-state index in [-0.39, 0.29) is 10.9 Å². The molecule has 0 N–H and O–H groups in total. The Bertz CT molecular complexity index is 499. The van der Waals surface area contributed by atoms with Crippen LogP contribution in [0.3, 0.4) is 0 Å². The fourth-order valence-electron chi connectivity index (χ4n) is 1.25. The van der Waals surface area contributed by atoms with Crippen LogP contribution >= 0.6 is 15.9 Å². The first-order valence-electron chi connectivity index (χ1n) is 5.12. The van der Waals surface area contributed by atoms with Crippen molar-refractivity contribution in [1.82, 2.24) is 4.31 Å². The molecule has 0 bridgehead atoms. The van der Waals surface area contributed by atoms with Crippen LogP contribution in [0.1, 0.15) is 13.8 Å². The Morgan fingerprint density at radius 2 is 1.94 bits per heavy atom. The predicted molar refractivity (Wildman–Crippen MR) is 70.8 cm³/mol. The molecule has 96 valence electrons. The van der Waals surface area contributed by atoms with E-state index in [1.165, 1.54) is 17.5 Å². The summed E-state index contributed by atoms with van der Waals surface area (Å²) in [5.41, 5.74) is 0. The fourth-order valence-corrected chi connectivity index (χ4v) is 3.34. The Kier molecular flexibility index (Phi) is 4.57. The van der Waals surface area contributed by atoms with E-state index in [0.717, 1.165) is 0 Å². The van der Waals surface area contributed by atoms with Gasteiger partial charge in [-0.2, -0.15) is 4.31 Å². The monoisotopic (exact) mass is 321 g/mol. The molecule has 0 fully saturated rings. The standard InChI is InChI=1S/C11H16BrNO3S/c1-8(2)13(3)17(14,15)9-5-6-11(16-4)10(12)7-9/h5-8H,1-4H3. The van der Waals surface area contributed by atoms with Crippen molar-refractivity contribution in [2.45, 2.75) is 24.8 Å². The predicted octanol–water partition coefficient (Wildman–Crippen LogP) is 2.49. The molecule has 0 aliphatic heterocycles. The van der Waals surface area contributed by atoms with Gasteiger partial charge in [0.05, 0.1) is 16.5 Å². The van der Waals surface area contributed by atoms with Gasteiger partial charge in [0.25, 0.3) is 0 Å². The van der Waals surface area contributed by atoms with Gasteiger partial charge in [-0.3, -0.25) is 0 Å². The van der Waals surface area contributed by atoms with Crippen molar-refractivity contribution in [2.24, 2.45) is 0 Å². The summed E-state index contributed by atoms with van der Waals surface area (Å²) in [7, 11) is -0.334. The van der Waals surface area contributed by atoms with Crippen molar-refractivity contribution >= 4 is 26.0 Å². The maximum absolute atomic E-state index is 12.2. The fraction of sp³-hybridized carbons (Fsp3) is 0.455.